The van der Waals surface area contributed by atoms with Crippen LogP contribution < -0.4 is 5.32 Å². The Balaban J connectivity index is 0.00000300. The number of halogens is 1. The maximum Gasteiger partial charge on any atom is 0.220 e. The lowest BCUT2D eigenvalue weighted by Crippen LogP contribution is -2.54. The smallest absolute Gasteiger partial charge is 0.220 e. The lowest BCUT2D eigenvalue weighted by molar-refractivity contribution is 0.213. The molecule has 0 saturated carbocycles. The number of piperazine rings is 1. The van der Waals surface area contributed by atoms with E-state index in [2.05, 4.69) is 34.2 Å². The molecule has 3 heterocycles. The van der Waals surface area contributed by atoms with Gasteiger partial charge in [-0.05, 0) is 39.3 Å². The lowest BCUT2D eigenvalue weighted by atomic mass is 9.99. The van der Waals surface area contributed by atoms with Crippen molar-refractivity contribution >= 4 is 40.0 Å². The summed E-state index contributed by atoms with van der Waals surface area (Å²) in [6.45, 7) is 8.12. The Morgan fingerprint density at radius 2 is 2.07 bits per heavy atom. The van der Waals surface area contributed by atoms with Gasteiger partial charge in [0.25, 0.3) is 0 Å². The molecule has 1 unspecified atom stereocenters. The van der Waals surface area contributed by atoms with Crippen molar-refractivity contribution < 1.29 is 12.9 Å². The summed E-state index contributed by atoms with van der Waals surface area (Å²) in [7, 11) is -1.22. The molecule has 0 spiro atoms. The van der Waals surface area contributed by atoms with Gasteiger partial charge in [-0.1, -0.05) is 5.16 Å². The van der Waals surface area contributed by atoms with E-state index in [0.29, 0.717) is 37.8 Å². The Labute approximate surface area is 190 Å². The summed E-state index contributed by atoms with van der Waals surface area (Å²) in [4.78, 5) is 9.39. The zero-order valence-corrected chi connectivity index (χ0v) is 20.4. The van der Waals surface area contributed by atoms with Crippen molar-refractivity contribution in [3.05, 3.63) is 18.0 Å². The zero-order chi connectivity index (χ0) is 20.0. The first-order valence-electron chi connectivity index (χ1n) is 10.1. The third-order valence-corrected chi connectivity index (χ3v) is 7.12. The Hall–Kier alpha value is -0.920. The van der Waals surface area contributed by atoms with Crippen LogP contribution in [0.15, 0.2) is 21.8 Å². The van der Waals surface area contributed by atoms with Gasteiger partial charge in [0.1, 0.15) is 12.0 Å². The van der Waals surface area contributed by atoms with Crippen LogP contribution in [0, 0.1) is 5.92 Å². The summed E-state index contributed by atoms with van der Waals surface area (Å²) < 4.78 is 31.5. The quantitative estimate of drug-likeness (QED) is 0.328. The van der Waals surface area contributed by atoms with Crippen molar-refractivity contribution in [1.29, 1.82) is 0 Å². The molecule has 9 nitrogen and oxygen atoms in total. The minimum Gasteiger partial charge on any atom is -0.364 e. The van der Waals surface area contributed by atoms with Gasteiger partial charge < -0.3 is 19.6 Å². The minimum atomic E-state index is -3.38. The van der Waals surface area contributed by atoms with Crippen LogP contribution in [0.1, 0.15) is 25.5 Å². The second kappa shape index (κ2) is 11.5. The van der Waals surface area contributed by atoms with Gasteiger partial charge in [0.2, 0.25) is 10.0 Å². The standard InChI is InChI=1S/C18H32N6O3S.HI/c1-3-19-18(20-13-16-5-4-7-22(2)14-16)23-8-10-24(11-9-23)28(25,26)15-17-6-12-27-21-17;/h6,12,16H,3-5,7-11,13-15H2,1-2H3,(H,19,20);1H. The number of rotatable bonds is 6. The third kappa shape index (κ3) is 7.07. The zero-order valence-electron chi connectivity index (χ0n) is 17.3. The van der Waals surface area contributed by atoms with E-state index in [4.69, 9.17) is 9.52 Å². The van der Waals surface area contributed by atoms with Crippen molar-refractivity contribution in [3.63, 3.8) is 0 Å². The van der Waals surface area contributed by atoms with Crippen LogP contribution in [0.5, 0.6) is 0 Å². The molecule has 1 N–H and O–H groups in total. The molecular weight excluding hydrogens is 507 g/mol. The Kier molecular flexibility index (Phi) is 9.63. The average molecular weight is 540 g/mol. The van der Waals surface area contributed by atoms with E-state index in [9.17, 15) is 8.42 Å². The molecular formula is C18H33IN6O3S. The van der Waals surface area contributed by atoms with Gasteiger partial charge in [0.15, 0.2) is 5.96 Å². The monoisotopic (exact) mass is 540 g/mol. The second-order valence-electron chi connectivity index (χ2n) is 7.60. The Morgan fingerprint density at radius 3 is 2.69 bits per heavy atom. The number of aromatic nitrogens is 1. The van der Waals surface area contributed by atoms with Gasteiger partial charge in [0, 0.05) is 51.9 Å². The molecule has 166 valence electrons. The number of nitrogens with one attached hydrogen (secondary N) is 1. The highest BCUT2D eigenvalue weighted by Crippen LogP contribution is 2.16. The summed E-state index contributed by atoms with van der Waals surface area (Å²) in [6, 6.07) is 1.59. The summed E-state index contributed by atoms with van der Waals surface area (Å²) in [6.07, 6.45) is 3.85. The van der Waals surface area contributed by atoms with Gasteiger partial charge in [-0.2, -0.15) is 4.31 Å². The number of nitrogens with zero attached hydrogens (tertiary/aromatic N) is 5. The van der Waals surface area contributed by atoms with Crippen molar-refractivity contribution in [3.8, 4) is 0 Å². The van der Waals surface area contributed by atoms with E-state index in [1.54, 1.807) is 6.07 Å². The molecule has 0 aliphatic carbocycles. The molecule has 2 aliphatic rings. The first kappa shape index (κ1) is 24.4. The number of guanidine groups is 1. The fourth-order valence-electron chi connectivity index (χ4n) is 3.83. The molecule has 1 atom stereocenters. The van der Waals surface area contributed by atoms with E-state index in [1.807, 2.05) is 0 Å². The number of hydrogen-bond acceptors (Lipinski definition) is 6. The van der Waals surface area contributed by atoms with Crippen molar-refractivity contribution in [2.75, 3.05) is 59.4 Å². The molecule has 3 rings (SSSR count). The van der Waals surface area contributed by atoms with Crippen LogP contribution in [-0.2, 0) is 15.8 Å². The molecule has 0 aromatic carbocycles. The number of piperidine rings is 1. The fourth-order valence-corrected chi connectivity index (χ4v) is 5.26. The van der Waals surface area contributed by atoms with Crippen molar-refractivity contribution in [1.82, 2.24) is 24.6 Å². The predicted molar refractivity (Wildman–Crippen MR) is 124 cm³/mol. The number of sulfonamides is 1. The molecule has 0 amide bonds. The highest BCUT2D eigenvalue weighted by Gasteiger charge is 2.29. The van der Waals surface area contributed by atoms with E-state index in [0.717, 1.165) is 25.6 Å². The SMILES string of the molecule is CCNC(=NCC1CCCN(C)C1)N1CCN(S(=O)(=O)Cc2ccon2)CC1.I. The molecule has 2 saturated heterocycles. The summed E-state index contributed by atoms with van der Waals surface area (Å²) in [5.41, 5.74) is 0.440. The normalized spacial score (nSPS) is 22.3. The second-order valence-corrected chi connectivity index (χ2v) is 9.57. The maximum atomic E-state index is 12.6. The molecule has 29 heavy (non-hydrogen) atoms. The summed E-state index contributed by atoms with van der Waals surface area (Å²) >= 11 is 0. The van der Waals surface area contributed by atoms with Crippen molar-refractivity contribution in [2.45, 2.75) is 25.5 Å². The third-order valence-electron chi connectivity index (χ3n) is 5.31. The molecule has 1 aromatic heterocycles. The van der Waals surface area contributed by atoms with E-state index >= 15 is 0 Å². The molecule has 0 radical (unpaired) electrons. The van der Waals surface area contributed by atoms with Gasteiger partial charge in [-0.3, -0.25) is 4.99 Å². The topological polar surface area (TPSA) is 94.3 Å². The molecule has 2 fully saturated rings. The average Bonchev–Trinajstić information content (AvgIpc) is 3.17. The summed E-state index contributed by atoms with van der Waals surface area (Å²) in [5, 5.41) is 7.08. The number of aliphatic imine (C=N–C) groups is 1. The molecule has 1 aromatic rings. The van der Waals surface area contributed by atoms with E-state index < -0.39 is 10.0 Å². The van der Waals surface area contributed by atoms with Crippen LogP contribution in [0.3, 0.4) is 0 Å². The van der Waals surface area contributed by atoms with Gasteiger partial charge in [-0.15, -0.1) is 24.0 Å². The highest BCUT2D eigenvalue weighted by molar-refractivity contribution is 14.0. The van der Waals surface area contributed by atoms with Gasteiger partial charge >= 0.3 is 0 Å². The van der Waals surface area contributed by atoms with Crippen LogP contribution in [0.25, 0.3) is 0 Å². The van der Waals surface area contributed by atoms with Crippen molar-refractivity contribution in [2.24, 2.45) is 10.9 Å². The fraction of sp³-hybridized carbons (Fsp3) is 0.778. The molecule has 2 aliphatic heterocycles. The minimum absolute atomic E-state index is 0. The van der Waals surface area contributed by atoms with E-state index in [-0.39, 0.29) is 29.7 Å². The first-order chi connectivity index (χ1) is 13.5. The largest absolute Gasteiger partial charge is 0.364 e. The first-order valence-corrected chi connectivity index (χ1v) is 11.7. The van der Waals surface area contributed by atoms with Crippen LogP contribution in [0.4, 0.5) is 0 Å². The van der Waals surface area contributed by atoms with E-state index in [1.165, 1.54) is 30.0 Å². The van der Waals surface area contributed by atoms with Crippen LogP contribution >= 0.6 is 24.0 Å². The van der Waals surface area contributed by atoms with Gasteiger partial charge in [-0.25, -0.2) is 8.42 Å². The molecule has 0 bridgehead atoms. The lowest BCUT2D eigenvalue weighted by Gasteiger charge is -2.36. The van der Waals surface area contributed by atoms with Crippen LogP contribution in [0.2, 0.25) is 0 Å². The highest BCUT2D eigenvalue weighted by atomic mass is 127. The maximum absolute atomic E-state index is 12.6. The van der Waals surface area contributed by atoms with Gasteiger partial charge in [0.05, 0.1) is 5.69 Å². The predicted octanol–water partition coefficient (Wildman–Crippen LogP) is 1.05. The Bertz CT molecular complexity index is 735. The Morgan fingerprint density at radius 1 is 1.31 bits per heavy atom. The summed E-state index contributed by atoms with van der Waals surface area (Å²) in [5.74, 6) is 1.37. The van der Waals surface area contributed by atoms with Crippen LogP contribution in [-0.4, -0.2) is 93.0 Å². The molecule has 11 heteroatoms. The number of likely N-dealkylation sites (tertiary alicyclic amines) is 1. The number of hydrogen-bond donors (Lipinski definition) is 1.